The number of rotatable bonds is 5. The van der Waals surface area contributed by atoms with Crippen molar-refractivity contribution in [2.24, 2.45) is 5.92 Å². The minimum atomic E-state index is -0.418. The average molecular weight is 430 g/mol. The summed E-state index contributed by atoms with van der Waals surface area (Å²) in [7, 11) is 1.56. The van der Waals surface area contributed by atoms with Crippen LogP contribution in [0.5, 0.6) is 5.88 Å². The molecule has 2 heterocycles. The van der Waals surface area contributed by atoms with Crippen LogP contribution in [0.15, 0.2) is 18.3 Å². The Morgan fingerprint density at radius 2 is 2.00 bits per heavy atom. The van der Waals surface area contributed by atoms with E-state index in [1.165, 1.54) is 11.3 Å². The van der Waals surface area contributed by atoms with Gasteiger partial charge in [-0.05, 0) is 39.7 Å². The second-order valence-corrected chi connectivity index (χ2v) is 8.75. The summed E-state index contributed by atoms with van der Waals surface area (Å²) in [4.78, 5) is 33.4. The van der Waals surface area contributed by atoms with Crippen LogP contribution in [0.25, 0.3) is 0 Å². The molecule has 2 rings (SSSR count). The Balaban J connectivity index is 1.91. The van der Waals surface area contributed by atoms with E-state index in [4.69, 9.17) is 4.74 Å². The lowest BCUT2D eigenvalue weighted by Crippen LogP contribution is -2.46. The summed E-state index contributed by atoms with van der Waals surface area (Å²) >= 11 is 1.28. The third-order valence-electron chi connectivity index (χ3n) is 3.80. The number of aromatic nitrogens is 2. The molecule has 1 atom stereocenters. The van der Waals surface area contributed by atoms with E-state index in [1.807, 2.05) is 33.8 Å². The Morgan fingerprint density at radius 3 is 2.60 bits per heavy atom. The summed E-state index contributed by atoms with van der Waals surface area (Å²) in [6.45, 7) is 9.54. The lowest BCUT2D eigenvalue weighted by molar-refractivity contribution is -0.125. The minimum absolute atomic E-state index is 0.113. The van der Waals surface area contributed by atoms with E-state index in [0.29, 0.717) is 11.0 Å². The number of methoxy groups -OCH3 is 1. The molecule has 2 aromatic heterocycles. The fraction of sp³-hybridized carbons (Fsp3) is 0.429. The summed E-state index contributed by atoms with van der Waals surface area (Å²) in [6, 6.07) is 3.14. The van der Waals surface area contributed by atoms with Crippen LogP contribution in [0.3, 0.4) is 0 Å². The zero-order chi connectivity index (χ0) is 22.3. The van der Waals surface area contributed by atoms with Crippen molar-refractivity contribution < 1.29 is 14.3 Å². The predicted molar refractivity (Wildman–Crippen MR) is 118 cm³/mol. The van der Waals surface area contributed by atoms with Crippen molar-refractivity contribution in [3.63, 3.8) is 0 Å². The highest BCUT2D eigenvalue weighted by atomic mass is 32.1. The molecule has 0 fully saturated rings. The molecular formula is C21H27N5O3S. The van der Waals surface area contributed by atoms with Gasteiger partial charge in [-0.15, -0.1) is 0 Å². The molecular weight excluding hydrogens is 402 g/mol. The molecule has 160 valence electrons. The standard InChI is InChI=1S/C21H27N5O3S/c1-13(18(27)26-21(3,4)5)11-23-19(28)25-20-24-14(2)16(30-20)9-7-15-8-10-17(29-6)22-12-15/h8,10,12-13H,11H2,1-6H3,(H,26,27)(H2,23,24,25,28)/t13-/m0/s1. The molecule has 3 N–H and O–H groups in total. The molecule has 2 aromatic rings. The van der Waals surface area contributed by atoms with Crippen LogP contribution >= 0.6 is 11.3 Å². The Morgan fingerprint density at radius 1 is 1.27 bits per heavy atom. The van der Waals surface area contributed by atoms with Crippen molar-refractivity contribution in [1.82, 2.24) is 20.6 Å². The highest BCUT2D eigenvalue weighted by Gasteiger charge is 2.20. The third kappa shape index (κ3) is 7.37. The van der Waals surface area contributed by atoms with Gasteiger partial charge in [0.2, 0.25) is 11.8 Å². The van der Waals surface area contributed by atoms with Crippen LogP contribution in [-0.2, 0) is 4.79 Å². The highest BCUT2D eigenvalue weighted by Crippen LogP contribution is 2.21. The van der Waals surface area contributed by atoms with E-state index >= 15 is 0 Å². The molecule has 0 aliphatic rings. The Kier molecular flexibility index (Phi) is 7.78. The molecule has 3 amide bonds. The number of ether oxygens (including phenoxy) is 1. The fourth-order valence-electron chi connectivity index (χ4n) is 2.24. The molecule has 0 aromatic carbocycles. The molecule has 0 bridgehead atoms. The van der Waals surface area contributed by atoms with Gasteiger partial charge in [-0.2, -0.15) is 0 Å². The first-order valence-electron chi connectivity index (χ1n) is 9.44. The number of amides is 3. The van der Waals surface area contributed by atoms with E-state index in [1.54, 1.807) is 26.3 Å². The van der Waals surface area contributed by atoms with Crippen LogP contribution in [0.1, 0.15) is 43.8 Å². The first kappa shape index (κ1) is 23.2. The van der Waals surface area contributed by atoms with Gasteiger partial charge in [-0.25, -0.2) is 14.8 Å². The zero-order valence-corrected chi connectivity index (χ0v) is 18.9. The number of nitrogens with zero attached hydrogens (tertiary/aromatic N) is 2. The second-order valence-electron chi connectivity index (χ2n) is 7.75. The number of thiazole rings is 1. The first-order chi connectivity index (χ1) is 14.1. The molecule has 9 heteroatoms. The van der Waals surface area contributed by atoms with Crippen LogP contribution in [0.2, 0.25) is 0 Å². The maximum absolute atomic E-state index is 12.1. The molecule has 0 saturated carbocycles. The number of hydrogen-bond donors (Lipinski definition) is 3. The molecule has 0 aliphatic heterocycles. The van der Waals surface area contributed by atoms with Crippen LogP contribution < -0.4 is 20.7 Å². The number of nitrogens with one attached hydrogen (secondary N) is 3. The quantitative estimate of drug-likeness (QED) is 0.634. The van der Waals surface area contributed by atoms with Gasteiger partial charge in [0.25, 0.3) is 0 Å². The van der Waals surface area contributed by atoms with E-state index in [9.17, 15) is 9.59 Å². The van der Waals surface area contributed by atoms with Gasteiger partial charge >= 0.3 is 6.03 Å². The van der Waals surface area contributed by atoms with Crippen molar-refractivity contribution in [3.8, 4) is 17.7 Å². The van der Waals surface area contributed by atoms with Crippen LogP contribution in [0.4, 0.5) is 9.93 Å². The molecule has 8 nitrogen and oxygen atoms in total. The number of aryl methyl sites for hydroxylation is 1. The number of pyridine rings is 1. The van der Waals surface area contributed by atoms with Gasteiger partial charge in [0.05, 0.1) is 18.7 Å². The molecule has 30 heavy (non-hydrogen) atoms. The highest BCUT2D eigenvalue weighted by molar-refractivity contribution is 7.16. The summed E-state index contributed by atoms with van der Waals surface area (Å²) < 4.78 is 5.02. The molecule has 0 spiro atoms. The van der Waals surface area contributed by atoms with Crippen molar-refractivity contribution >= 4 is 28.4 Å². The third-order valence-corrected chi connectivity index (χ3v) is 4.79. The zero-order valence-electron chi connectivity index (χ0n) is 18.0. The van der Waals surface area contributed by atoms with E-state index in [2.05, 4.69) is 37.8 Å². The molecule has 0 unspecified atom stereocenters. The topological polar surface area (TPSA) is 105 Å². The van der Waals surface area contributed by atoms with Gasteiger partial charge in [0, 0.05) is 29.9 Å². The summed E-state index contributed by atoms with van der Waals surface area (Å²) in [6.07, 6.45) is 1.63. The number of carbonyl (C=O) groups excluding carboxylic acids is 2. The predicted octanol–water partition coefficient (Wildman–Crippen LogP) is 2.93. The summed E-state index contributed by atoms with van der Waals surface area (Å²) in [5.41, 5.74) is 1.16. The Bertz CT molecular complexity index is 952. The maximum Gasteiger partial charge on any atom is 0.321 e. The first-order valence-corrected chi connectivity index (χ1v) is 10.3. The number of urea groups is 1. The van der Waals surface area contributed by atoms with Gasteiger partial charge in [0.1, 0.15) is 4.88 Å². The van der Waals surface area contributed by atoms with Crippen molar-refractivity contribution in [3.05, 3.63) is 34.5 Å². The van der Waals surface area contributed by atoms with Crippen molar-refractivity contribution in [1.29, 1.82) is 0 Å². The lowest BCUT2D eigenvalue weighted by atomic mass is 10.1. The van der Waals surface area contributed by atoms with E-state index in [0.717, 1.165) is 16.1 Å². The van der Waals surface area contributed by atoms with Crippen molar-refractivity contribution in [2.75, 3.05) is 19.0 Å². The minimum Gasteiger partial charge on any atom is -0.481 e. The van der Waals surface area contributed by atoms with Gasteiger partial charge in [-0.3, -0.25) is 10.1 Å². The van der Waals surface area contributed by atoms with E-state index in [-0.39, 0.29) is 23.9 Å². The van der Waals surface area contributed by atoms with Crippen LogP contribution in [0, 0.1) is 24.7 Å². The summed E-state index contributed by atoms with van der Waals surface area (Å²) in [5, 5.41) is 8.71. The lowest BCUT2D eigenvalue weighted by Gasteiger charge is -2.23. The SMILES string of the molecule is COc1ccc(C#Cc2sc(NC(=O)NC[C@H](C)C(=O)NC(C)(C)C)nc2C)cn1. The number of anilines is 1. The number of hydrogen-bond acceptors (Lipinski definition) is 6. The normalized spacial score (nSPS) is 11.7. The average Bonchev–Trinajstić information content (AvgIpc) is 3.02. The monoisotopic (exact) mass is 429 g/mol. The summed E-state index contributed by atoms with van der Waals surface area (Å²) in [5.74, 6) is 6.13. The Hall–Kier alpha value is -3.12. The molecule has 0 aliphatic carbocycles. The fourth-order valence-corrected chi connectivity index (χ4v) is 3.06. The van der Waals surface area contributed by atoms with Crippen LogP contribution in [-0.4, -0.2) is 41.1 Å². The second kappa shape index (κ2) is 10.1. The van der Waals surface area contributed by atoms with Gasteiger partial charge < -0.3 is 15.4 Å². The van der Waals surface area contributed by atoms with E-state index < -0.39 is 6.03 Å². The van der Waals surface area contributed by atoms with Gasteiger partial charge in [-0.1, -0.05) is 24.2 Å². The van der Waals surface area contributed by atoms with Crippen molar-refractivity contribution in [2.45, 2.75) is 40.2 Å². The maximum atomic E-state index is 12.1. The molecule has 0 radical (unpaired) electrons. The van der Waals surface area contributed by atoms with Gasteiger partial charge in [0.15, 0.2) is 5.13 Å². The number of carbonyl (C=O) groups is 2. The smallest absolute Gasteiger partial charge is 0.321 e. The largest absolute Gasteiger partial charge is 0.481 e. The molecule has 0 saturated heterocycles. The Labute approximate surface area is 180 Å².